The summed E-state index contributed by atoms with van der Waals surface area (Å²) in [7, 11) is 2.14. The highest BCUT2D eigenvalue weighted by molar-refractivity contribution is 5.90. The Labute approximate surface area is 138 Å². The first kappa shape index (κ1) is 16.3. The number of anilines is 1. The summed E-state index contributed by atoms with van der Waals surface area (Å²) in [6.45, 7) is 8.11. The highest BCUT2D eigenvalue weighted by Gasteiger charge is 2.40. The molecule has 2 saturated heterocycles. The average molecular weight is 317 g/mol. The minimum absolute atomic E-state index is 0.0136. The van der Waals surface area contributed by atoms with Gasteiger partial charge in [-0.3, -0.25) is 0 Å². The number of likely N-dealkylation sites (tertiary alicyclic amines) is 1. The maximum atomic E-state index is 12.7. The molecule has 1 aromatic carbocycles. The third-order valence-corrected chi connectivity index (χ3v) is 5.07. The van der Waals surface area contributed by atoms with E-state index in [1.165, 1.54) is 0 Å². The van der Waals surface area contributed by atoms with Crippen LogP contribution in [0.25, 0.3) is 0 Å². The van der Waals surface area contributed by atoms with Crippen LogP contribution >= 0.6 is 0 Å². The van der Waals surface area contributed by atoms with E-state index in [0.29, 0.717) is 19.7 Å². The number of carbonyl (C=O) groups is 1. The molecule has 0 saturated carbocycles. The molecule has 3 rings (SSSR count). The van der Waals surface area contributed by atoms with Crippen molar-refractivity contribution in [1.82, 2.24) is 9.80 Å². The number of nitrogens with one attached hydrogen (secondary N) is 1. The number of aryl methyl sites for hydroxylation is 2. The van der Waals surface area contributed by atoms with Crippen LogP contribution in [-0.4, -0.2) is 61.3 Å². The summed E-state index contributed by atoms with van der Waals surface area (Å²) in [5.74, 6) is 0. The molecule has 1 spiro atoms. The predicted octanol–water partition coefficient (Wildman–Crippen LogP) is 2.63. The molecular formula is C18H27N3O2. The summed E-state index contributed by atoms with van der Waals surface area (Å²) in [6, 6.07) is 6.12. The number of hydrogen-bond acceptors (Lipinski definition) is 3. The summed E-state index contributed by atoms with van der Waals surface area (Å²) < 4.78 is 6.08. The number of ether oxygens (including phenoxy) is 1. The van der Waals surface area contributed by atoms with Gasteiger partial charge in [0, 0.05) is 25.3 Å². The van der Waals surface area contributed by atoms with Crippen molar-refractivity contribution in [3.05, 3.63) is 29.3 Å². The Morgan fingerprint density at radius 1 is 1.22 bits per heavy atom. The average Bonchev–Trinajstić information content (AvgIpc) is 2.54. The molecule has 0 aliphatic carbocycles. The maximum absolute atomic E-state index is 12.7. The van der Waals surface area contributed by atoms with Crippen molar-refractivity contribution in [2.24, 2.45) is 0 Å². The number of carbonyl (C=O) groups excluding carboxylic acids is 1. The van der Waals surface area contributed by atoms with E-state index in [4.69, 9.17) is 4.74 Å². The van der Waals surface area contributed by atoms with E-state index < -0.39 is 0 Å². The number of rotatable bonds is 1. The second kappa shape index (κ2) is 6.49. The van der Waals surface area contributed by atoms with E-state index in [1.807, 2.05) is 30.9 Å². The quantitative estimate of drug-likeness (QED) is 0.866. The molecule has 2 amide bonds. The van der Waals surface area contributed by atoms with Crippen LogP contribution in [0.5, 0.6) is 0 Å². The summed E-state index contributed by atoms with van der Waals surface area (Å²) >= 11 is 0. The van der Waals surface area contributed by atoms with E-state index in [2.05, 4.69) is 23.3 Å². The zero-order chi connectivity index (χ0) is 16.4. The number of amides is 2. The minimum Gasteiger partial charge on any atom is -0.371 e. The second-order valence-electron chi connectivity index (χ2n) is 7.00. The first-order valence-corrected chi connectivity index (χ1v) is 8.43. The molecule has 2 fully saturated rings. The SMILES string of the molecule is Cc1ccc(C)c(NC(=O)N2CCOC3(CCN(C)CC3)C2)c1. The number of benzene rings is 1. The van der Waals surface area contributed by atoms with Gasteiger partial charge in [-0.05, 0) is 50.9 Å². The lowest BCUT2D eigenvalue weighted by Crippen LogP contribution is -2.58. The largest absolute Gasteiger partial charge is 0.371 e. The molecule has 5 nitrogen and oxygen atoms in total. The van der Waals surface area contributed by atoms with Gasteiger partial charge in [0.2, 0.25) is 0 Å². The molecule has 1 aromatic rings. The Balaban J connectivity index is 1.66. The normalized spacial score (nSPS) is 21.4. The molecular weight excluding hydrogens is 290 g/mol. The van der Waals surface area contributed by atoms with Gasteiger partial charge in [-0.25, -0.2) is 4.79 Å². The van der Waals surface area contributed by atoms with Crippen LogP contribution in [0, 0.1) is 13.8 Å². The standard InChI is InChI=1S/C18H27N3O2/c1-14-4-5-15(2)16(12-14)19-17(22)21-10-11-23-18(13-21)6-8-20(3)9-7-18/h4-5,12H,6-11,13H2,1-3H3,(H,19,22). The molecule has 2 aliphatic rings. The smallest absolute Gasteiger partial charge is 0.322 e. The van der Waals surface area contributed by atoms with Crippen molar-refractivity contribution in [3.63, 3.8) is 0 Å². The topological polar surface area (TPSA) is 44.8 Å². The monoisotopic (exact) mass is 317 g/mol. The van der Waals surface area contributed by atoms with Gasteiger partial charge in [-0.15, -0.1) is 0 Å². The highest BCUT2D eigenvalue weighted by atomic mass is 16.5. The summed E-state index contributed by atoms with van der Waals surface area (Å²) in [4.78, 5) is 16.9. The first-order chi connectivity index (χ1) is 11.0. The summed E-state index contributed by atoms with van der Waals surface area (Å²) in [6.07, 6.45) is 1.99. The van der Waals surface area contributed by atoms with Crippen molar-refractivity contribution in [2.75, 3.05) is 45.2 Å². The van der Waals surface area contributed by atoms with Crippen LogP contribution in [0.4, 0.5) is 10.5 Å². The molecule has 0 unspecified atom stereocenters. The third-order valence-electron chi connectivity index (χ3n) is 5.07. The number of urea groups is 1. The number of morpholine rings is 1. The van der Waals surface area contributed by atoms with Gasteiger partial charge in [0.15, 0.2) is 0 Å². The van der Waals surface area contributed by atoms with Crippen LogP contribution < -0.4 is 5.32 Å². The summed E-state index contributed by atoms with van der Waals surface area (Å²) in [5.41, 5.74) is 2.99. The number of nitrogens with zero attached hydrogens (tertiary/aromatic N) is 2. The second-order valence-corrected chi connectivity index (χ2v) is 7.00. The van der Waals surface area contributed by atoms with Crippen LogP contribution in [0.2, 0.25) is 0 Å². The Morgan fingerprint density at radius 2 is 1.96 bits per heavy atom. The fourth-order valence-electron chi connectivity index (χ4n) is 3.41. The van der Waals surface area contributed by atoms with Gasteiger partial charge in [-0.2, -0.15) is 0 Å². The Hall–Kier alpha value is -1.59. The van der Waals surface area contributed by atoms with Crippen molar-refractivity contribution in [2.45, 2.75) is 32.3 Å². The van der Waals surface area contributed by atoms with E-state index in [9.17, 15) is 4.79 Å². The Kier molecular flexibility index (Phi) is 4.60. The Bertz CT molecular complexity index is 580. The molecule has 0 radical (unpaired) electrons. The van der Waals surface area contributed by atoms with Gasteiger partial charge in [0.05, 0.1) is 18.8 Å². The molecule has 5 heteroatoms. The van der Waals surface area contributed by atoms with Crippen LogP contribution in [0.1, 0.15) is 24.0 Å². The molecule has 126 valence electrons. The highest BCUT2D eigenvalue weighted by Crippen LogP contribution is 2.30. The van der Waals surface area contributed by atoms with Crippen molar-refractivity contribution in [3.8, 4) is 0 Å². The van der Waals surface area contributed by atoms with Gasteiger partial charge in [0.25, 0.3) is 0 Å². The van der Waals surface area contributed by atoms with Crippen LogP contribution in [0.15, 0.2) is 18.2 Å². The zero-order valence-electron chi connectivity index (χ0n) is 14.4. The first-order valence-electron chi connectivity index (χ1n) is 8.43. The van der Waals surface area contributed by atoms with Gasteiger partial charge < -0.3 is 19.9 Å². The molecule has 1 N–H and O–H groups in total. The third kappa shape index (κ3) is 3.67. The number of hydrogen-bond donors (Lipinski definition) is 1. The lowest BCUT2D eigenvalue weighted by atomic mass is 9.89. The van der Waals surface area contributed by atoms with Crippen molar-refractivity contribution >= 4 is 11.7 Å². The minimum atomic E-state index is -0.149. The molecule has 0 atom stereocenters. The van der Waals surface area contributed by atoms with Crippen LogP contribution in [-0.2, 0) is 4.74 Å². The molecule has 0 aromatic heterocycles. The van der Waals surface area contributed by atoms with Gasteiger partial charge >= 0.3 is 6.03 Å². The molecule has 2 heterocycles. The lowest BCUT2D eigenvalue weighted by Gasteiger charge is -2.46. The van der Waals surface area contributed by atoms with E-state index >= 15 is 0 Å². The maximum Gasteiger partial charge on any atom is 0.322 e. The van der Waals surface area contributed by atoms with Crippen molar-refractivity contribution < 1.29 is 9.53 Å². The van der Waals surface area contributed by atoms with Crippen molar-refractivity contribution in [1.29, 1.82) is 0 Å². The van der Waals surface area contributed by atoms with E-state index in [0.717, 1.165) is 42.7 Å². The molecule has 2 aliphatic heterocycles. The van der Waals surface area contributed by atoms with E-state index in [1.54, 1.807) is 0 Å². The molecule has 0 bridgehead atoms. The van der Waals surface area contributed by atoms with Gasteiger partial charge in [0.1, 0.15) is 0 Å². The predicted molar refractivity (Wildman–Crippen MR) is 91.9 cm³/mol. The van der Waals surface area contributed by atoms with E-state index in [-0.39, 0.29) is 11.6 Å². The lowest BCUT2D eigenvalue weighted by molar-refractivity contribution is -0.123. The fraction of sp³-hybridized carbons (Fsp3) is 0.611. The summed E-state index contributed by atoms with van der Waals surface area (Å²) in [5, 5.41) is 3.07. The Morgan fingerprint density at radius 3 is 2.70 bits per heavy atom. The number of piperidine rings is 1. The molecule has 23 heavy (non-hydrogen) atoms. The van der Waals surface area contributed by atoms with Crippen LogP contribution in [0.3, 0.4) is 0 Å². The fourth-order valence-corrected chi connectivity index (χ4v) is 3.41. The zero-order valence-corrected chi connectivity index (χ0v) is 14.4. The van der Waals surface area contributed by atoms with Gasteiger partial charge in [-0.1, -0.05) is 12.1 Å².